The number of carbonyl (C=O) groups is 3. The van der Waals surface area contributed by atoms with Gasteiger partial charge in [-0.3, -0.25) is 9.59 Å². The van der Waals surface area contributed by atoms with Crippen molar-refractivity contribution in [1.82, 2.24) is 10.2 Å². The molecule has 0 atom stereocenters. The number of aromatic carboxylic acids is 1. The molecule has 6 heteroatoms. The maximum absolute atomic E-state index is 11.9. The predicted octanol–water partition coefficient (Wildman–Crippen LogP) is 0.983. The first kappa shape index (κ1) is 15.7. The number of carboxylic acid groups (broad SMARTS) is 1. The zero-order valence-electron chi connectivity index (χ0n) is 11.5. The largest absolute Gasteiger partial charge is 0.478 e. The Morgan fingerprint density at radius 3 is 2.15 bits per heavy atom. The molecule has 0 unspecified atom stereocenters. The summed E-state index contributed by atoms with van der Waals surface area (Å²) in [5, 5.41) is 11.5. The molecule has 0 saturated carbocycles. The van der Waals surface area contributed by atoms with Crippen LogP contribution in [0.5, 0.6) is 0 Å². The molecule has 0 aliphatic carbocycles. The van der Waals surface area contributed by atoms with E-state index in [1.165, 1.54) is 12.1 Å². The lowest BCUT2D eigenvalue weighted by Crippen LogP contribution is -2.40. The minimum Gasteiger partial charge on any atom is -0.478 e. The van der Waals surface area contributed by atoms with Gasteiger partial charge < -0.3 is 15.3 Å². The van der Waals surface area contributed by atoms with E-state index in [4.69, 9.17) is 5.11 Å². The van der Waals surface area contributed by atoms with Crippen LogP contribution >= 0.6 is 0 Å². The molecule has 1 aromatic rings. The van der Waals surface area contributed by atoms with Crippen LogP contribution in [0.1, 0.15) is 34.6 Å². The fraction of sp³-hybridized carbons (Fsp3) is 0.357. The number of benzene rings is 1. The highest BCUT2D eigenvalue weighted by molar-refractivity contribution is 6.05. The van der Waals surface area contributed by atoms with Gasteiger partial charge in [0.25, 0.3) is 5.91 Å². The minimum atomic E-state index is -1.18. The van der Waals surface area contributed by atoms with E-state index in [1.807, 2.05) is 13.8 Å². The first-order chi connectivity index (χ1) is 9.51. The Morgan fingerprint density at radius 2 is 1.65 bits per heavy atom. The Balaban J connectivity index is 2.73. The molecule has 0 spiro atoms. The summed E-state index contributed by atoms with van der Waals surface area (Å²) in [6, 6.07) is 5.89. The van der Waals surface area contributed by atoms with E-state index in [9.17, 15) is 14.4 Å². The van der Waals surface area contributed by atoms with Crippen LogP contribution in [-0.2, 0) is 4.79 Å². The lowest BCUT2D eigenvalue weighted by Gasteiger charge is -2.18. The molecule has 0 aromatic heterocycles. The van der Waals surface area contributed by atoms with Gasteiger partial charge in [-0.1, -0.05) is 12.1 Å². The molecule has 1 rings (SSSR count). The molecule has 0 saturated heterocycles. The van der Waals surface area contributed by atoms with Crippen molar-refractivity contribution in [3.05, 3.63) is 35.4 Å². The number of likely N-dealkylation sites (N-methyl/N-ethyl adjacent to an activating group) is 1. The highest BCUT2D eigenvalue weighted by atomic mass is 16.4. The summed E-state index contributed by atoms with van der Waals surface area (Å²) in [4.78, 5) is 36.3. The minimum absolute atomic E-state index is 0.0485. The molecule has 0 fully saturated rings. The van der Waals surface area contributed by atoms with Crippen LogP contribution in [0, 0.1) is 0 Å². The van der Waals surface area contributed by atoms with Crippen molar-refractivity contribution in [3.63, 3.8) is 0 Å². The summed E-state index contributed by atoms with van der Waals surface area (Å²) >= 11 is 0. The Morgan fingerprint density at radius 1 is 1.10 bits per heavy atom. The number of rotatable bonds is 6. The predicted molar refractivity (Wildman–Crippen MR) is 73.7 cm³/mol. The maximum Gasteiger partial charge on any atom is 0.336 e. The van der Waals surface area contributed by atoms with E-state index in [0.29, 0.717) is 13.1 Å². The zero-order valence-corrected chi connectivity index (χ0v) is 11.5. The second-order valence-electron chi connectivity index (χ2n) is 4.10. The van der Waals surface area contributed by atoms with Crippen molar-refractivity contribution >= 4 is 17.8 Å². The monoisotopic (exact) mass is 278 g/mol. The van der Waals surface area contributed by atoms with Gasteiger partial charge in [-0.15, -0.1) is 0 Å². The second kappa shape index (κ2) is 7.28. The number of hydrogen-bond donors (Lipinski definition) is 2. The van der Waals surface area contributed by atoms with Crippen LogP contribution in [0.2, 0.25) is 0 Å². The first-order valence-corrected chi connectivity index (χ1v) is 6.39. The topological polar surface area (TPSA) is 86.7 Å². The SMILES string of the molecule is CCN(CC)C(=O)CNC(=O)c1ccccc1C(=O)O. The zero-order chi connectivity index (χ0) is 15.1. The van der Waals surface area contributed by atoms with Crippen molar-refractivity contribution in [2.45, 2.75) is 13.8 Å². The number of nitrogens with zero attached hydrogens (tertiary/aromatic N) is 1. The van der Waals surface area contributed by atoms with E-state index in [2.05, 4.69) is 5.32 Å². The summed E-state index contributed by atoms with van der Waals surface area (Å²) < 4.78 is 0. The van der Waals surface area contributed by atoms with Crippen LogP contribution < -0.4 is 5.32 Å². The molecule has 0 bridgehead atoms. The highest BCUT2D eigenvalue weighted by Gasteiger charge is 2.17. The molecule has 0 heterocycles. The Labute approximate surface area is 117 Å². The molecule has 2 amide bonds. The molecular weight excluding hydrogens is 260 g/mol. The molecule has 20 heavy (non-hydrogen) atoms. The third-order valence-electron chi connectivity index (χ3n) is 2.92. The van der Waals surface area contributed by atoms with Gasteiger partial charge in [-0.2, -0.15) is 0 Å². The molecule has 6 nitrogen and oxygen atoms in total. The Bertz CT molecular complexity index is 510. The van der Waals surface area contributed by atoms with Crippen molar-refractivity contribution in [3.8, 4) is 0 Å². The summed E-state index contributed by atoms with van der Waals surface area (Å²) in [5.74, 6) is -1.94. The lowest BCUT2D eigenvalue weighted by molar-refractivity contribution is -0.129. The van der Waals surface area contributed by atoms with E-state index in [-0.39, 0.29) is 23.6 Å². The van der Waals surface area contributed by atoms with Gasteiger partial charge in [0, 0.05) is 13.1 Å². The van der Waals surface area contributed by atoms with Crippen molar-refractivity contribution in [1.29, 1.82) is 0 Å². The number of carbonyl (C=O) groups excluding carboxylic acids is 2. The van der Waals surface area contributed by atoms with Gasteiger partial charge in [-0.25, -0.2) is 4.79 Å². The van der Waals surface area contributed by atoms with E-state index in [1.54, 1.807) is 17.0 Å². The van der Waals surface area contributed by atoms with Gasteiger partial charge in [0.1, 0.15) is 0 Å². The fourth-order valence-electron chi connectivity index (χ4n) is 1.81. The Kier molecular flexibility index (Phi) is 5.71. The summed E-state index contributed by atoms with van der Waals surface area (Å²) in [5.41, 5.74) is -0.0346. The van der Waals surface area contributed by atoms with Gasteiger partial charge >= 0.3 is 5.97 Å². The van der Waals surface area contributed by atoms with E-state index >= 15 is 0 Å². The van der Waals surface area contributed by atoms with Gasteiger partial charge in [0.15, 0.2) is 0 Å². The highest BCUT2D eigenvalue weighted by Crippen LogP contribution is 2.08. The smallest absolute Gasteiger partial charge is 0.336 e. The van der Waals surface area contributed by atoms with Crippen LogP contribution in [0.15, 0.2) is 24.3 Å². The number of nitrogens with one attached hydrogen (secondary N) is 1. The standard InChI is InChI=1S/C14H18N2O4/c1-3-16(4-2)12(17)9-15-13(18)10-7-5-6-8-11(10)14(19)20/h5-8H,3-4,9H2,1-2H3,(H,15,18)(H,19,20). The van der Waals surface area contributed by atoms with Crippen LogP contribution in [0.4, 0.5) is 0 Å². The Hall–Kier alpha value is -2.37. The van der Waals surface area contributed by atoms with Crippen molar-refractivity contribution in [2.75, 3.05) is 19.6 Å². The van der Waals surface area contributed by atoms with Crippen LogP contribution in [0.3, 0.4) is 0 Å². The summed E-state index contributed by atoms with van der Waals surface area (Å²) in [6.07, 6.45) is 0. The third-order valence-corrected chi connectivity index (χ3v) is 2.92. The average molecular weight is 278 g/mol. The quantitative estimate of drug-likeness (QED) is 0.812. The van der Waals surface area contributed by atoms with Crippen LogP contribution in [-0.4, -0.2) is 47.4 Å². The molecule has 1 aromatic carbocycles. The van der Waals surface area contributed by atoms with Crippen molar-refractivity contribution in [2.24, 2.45) is 0 Å². The van der Waals surface area contributed by atoms with E-state index < -0.39 is 11.9 Å². The molecule has 108 valence electrons. The van der Waals surface area contributed by atoms with Gasteiger partial charge in [-0.05, 0) is 26.0 Å². The number of hydrogen-bond acceptors (Lipinski definition) is 3. The molecule has 0 aliphatic rings. The average Bonchev–Trinajstić information content (AvgIpc) is 2.46. The fourth-order valence-corrected chi connectivity index (χ4v) is 1.81. The number of amides is 2. The first-order valence-electron chi connectivity index (χ1n) is 6.39. The molecule has 0 aliphatic heterocycles. The summed E-state index contributed by atoms with van der Waals surface area (Å²) in [7, 11) is 0. The molecule has 0 radical (unpaired) electrons. The van der Waals surface area contributed by atoms with Crippen molar-refractivity contribution < 1.29 is 19.5 Å². The second-order valence-corrected chi connectivity index (χ2v) is 4.10. The van der Waals surface area contributed by atoms with Gasteiger partial charge in [0.05, 0.1) is 17.7 Å². The normalized spacial score (nSPS) is 9.90. The molecule has 2 N–H and O–H groups in total. The van der Waals surface area contributed by atoms with Crippen LogP contribution in [0.25, 0.3) is 0 Å². The lowest BCUT2D eigenvalue weighted by atomic mass is 10.1. The molecular formula is C14H18N2O4. The third kappa shape index (κ3) is 3.81. The maximum atomic E-state index is 11.9. The number of carboxylic acids is 1. The van der Waals surface area contributed by atoms with E-state index in [0.717, 1.165) is 0 Å². The summed E-state index contributed by atoms with van der Waals surface area (Å²) in [6.45, 7) is 4.69. The van der Waals surface area contributed by atoms with Gasteiger partial charge in [0.2, 0.25) is 5.91 Å².